The number of halogens is 3. The van der Waals surface area contributed by atoms with E-state index in [1.807, 2.05) is 29.0 Å². The van der Waals surface area contributed by atoms with Gasteiger partial charge in [-0.15, -0.1) is 0 Å². The first kappa shape index (κ1) is 27.2. The van der Waals surface area contributed by atoms with Crippen molar-refractivity contribution in [3.8, 4) is 0 Å². The number of aryl methyl sites for hydroxylation is 2. The average molecular weight is 559 g/mol. The minimum atomic E-state index is -4.47. The molecule has 1 heterocycles. The smallest absolute Gasteiger partial charge is 0.422 e. The summed E-state index contributed by atoms with van der Waals surface area (Å²) in [5.41, 5.74) is 4.45. The normalized spacial score (nSPS) is 18.5. The van der Waals surface area contributed by atoms with E-state index in [0.717, 1.165) is 31.4 Å². The van der Waals surface area contributed by atoms with Gasteiger partial charge in [0.25, 0.3) is 0 Å². The van der Waals surface area contributed by atoms with Crippen molar-refractivity contribution in [2.45, 2.75) is 44.4 Å². The Morgan fingerprint density at radius 2 is 1.51 bits per heavy atom. The summed E-state index contributed by atoms with van der Waals surface area (Å²) in [6, 6.07) is 20.8. The summed E-state index contributed by atoms with van der Waals surface area (Å²) in [4.78, 5) is 12.3. The minimum absolute atomic E-state index is 0.0129. The van der Waals surface area contributed by atoms with Gasteiger partial charge in [-0.3, -0.25) is 0 Å². The van der Waals surface area contributed by atoms with Gasteiger partial charge in [-0.1, -0.05) is 60.7 Å². The van der Waals surface area contributed by atoms with Crippen LogP contribution in [0.3, 0.4) is 0 Å². The van der Waals surface area contributed by atoms with Crippen molar-refractivity contribution in [1.29, 1.82) is 0 Å². The van der Waals surface area contributed by atoms with Crippen molar-refractivity contribution in [3.05, 3.63) is 106 Å². The first-order valence-electron chi connectivity index (χ1n) is 12.9. The van der Waals surface area contributed by atoms with E-state index in [1.54, 1.807) is 0 Å². The predicted molar refractivity (Wildman–Crippen MR) is 140 cm³/mol. The number of nitrogens with one attached hydrogen (secondary N) is 1. The molecule has 0 saturated carbocycles. The standard InChI is InChI=1S/C29H29F3N2O4S/c30-29(31,32)24-15-11-20(12-16-24)19-38-28(35)33-39(36,37)34-17-5-8-23(18-34)27-25-9-3-1-6-21(25)13-14-22-7-2-4-10-26(22)27/h1-4,6-7,9-12,15-16,23,27H,5,8,13-14,17-19H2,(H,33,35). The highest BCUT2D eigenvalue weighted by molar-refractivity contribution is 7.87. The lowest BCUT2D eigenvalue weighted by molar-refractivity contribution is -0.137. The maximum Gasteiger partial charge on any atom is 0.422 e. The van der Waals surface area contributed by atoms with E-state index < -0.39 is 28.0 Å². The highest BCUT2D eigenvalue weighted by Gasteiger charge is 2.37. The number of amides is 1. The molecule has 1 amide bonds. The number of nitrogens with zero attached hydrogens (tertiary/aromatic N) is 1. The Morgan fingerprint density at radius 1 is 0.923 bits per heavy atom. The molecule has 0 radical (unpaired) electrons. The Balaban J connectivity index is 1.28. The highest BCUT2D eigenvalue weighted by atomic mass is 32.2. The Kier molecular flexibility index (Phi) is 7.68. The number of ether oxygens (including phenoxy) is 1. The van der Waals surface area contributed by atoms with Crippen molar-refractivity contribution >= 4 is 16.3 Å². The third-order valence-electron chi connectivity index (χ3n) is 7.54. The molecule has 3 aromatic rings. The molecule has 0 spiro atoms. The minimum Gasteiger partial charge on any atom is -0.444 e. The van der Waals surface area contributed by atoms with Gasteiger partial charge in [-0.05, 0) is 71.6 Å². The van der Waals surface area contributed by atoms with E-state index in [1.165, 1.54) is 38.7 Å². The van der Waals surface area contributed by atoms with Gasteiger partial charge in [0.2, 0.25) is 0 Å². The van der Waals surface area contributed by atoms with Crippen molar-refractivity contribution in [3.63, 3.8) is 0 Å². The van der Waals surface area contributed by atoms with Crippen LogP contribution in [0.5, 0.6) is 0 Å². The van der Waals surface area contributed by atoms with E-state index in [-0.39, 0.29) is 31.5 Å². The van der Waals surface area contributed by atoms with Gasteiger partial charge in [0, 0.05) is 19.0 Å². The molecule has 39 heavy (non-hydrogen) atoms. The zero-order chi connectivity index (χ0) is 27.6. The summed E-state index contributed by atoms with van der Waals surface area (Å²) < 4.78 is 72.8. The van der Waals surface area contributed by atoms with Crippen LogP contribution in [-0.4, -0.2) is 31.9 Å². The summed E-state index contributed by atoms with van der Waals surface area (Å²) >= 11 is 0. The topological polar surface area (TPSA) is 75.7 Å². The second kappa shape index (κ2) is 11.0. The van der Waals surface area contributed by atoms with Gasteiger partial charge < -0.3 is 4.74 Å². The molecule has 1 aliphatic carbocycles. The van der Waals surface area contributed by atoms with E-state index in [0.29, 0.717) is 12.0 Å². The summed E-state index contributed by atoms with van der Waals surface area (Å²) in [7, 11) is -4.19. The molecular formula is C29H29F3N2O4S. The van der Waals surface area contributed by atoms with Crippen LogP contribution in [0.15, 0.2) is 72.8 Å². The maximum atomic E-state index is 13.1. The highest BCUT2D eigenvalue weighted by Crippen LogP contribution is 2.42. The molecule has 3 aromatic carbocycles. The fourth-order valence-corrected chi connectivity index (χ4v) is 6.83. The molecule has 1 unspecified atom stereocenters. The van der Waals surface area contributed by atoms with Crippen LogP contribution in [0, 0.1) is 5.92 Å². The Hall–Kier alpha value is -3.37. The van der Waals surface area contributed by atoms with E-state index >= 15 is 0 Å². The summed E-state index contributed by atoms with van der Waals surface area (Å²) in [5, 5.41) is 0. The number of piperidine rings is 1. The summed E-state index contributed by atoms with van der Waals surface area (Å²) in [6.45, 7) is 0.153. The van der Waals surface area contributed by atoms with Crippen LogP contribution in [-0.2, 0) is 40.6 Å². The zero-order valence-corrected chi connectivity index (χ0v) is 22.0. The lowest BCUT2D eigenvalue weighted by Crippen LogP contribution is -2.48. The van der Waals surface area contributed by atoms with Gasteiger partial charge in [0.05, 0.1) is 5.56 Å². The van der Waals surface area contributed by atoms with Crippen LogP contribution in [0.4, 0.5) is 18.0 Å². The average Bonchev–Trinajstić information content (AvgIpc) is 3.08. The largest absolute Gasteiger partial charge is 0.444 e. The fourth-order valence-electron chi connectivity index (χ4n) is 5.68. The van der Waals surface area contributed by atoms with Crippen LogP contribution in [0.2, 0.25) is 0 Å². The first-order valence-corrected chi connectivity index (χ1v) is 14.3. The number of hydrogen-bond acceptors (Lipinski definition) is 4. The number of fused-ring (bicyclic) bond motifs is 2. The quantitative estimate of drug-likeness (QED) is 0.428. The second-order valence-electron chi connectivity index (χ2n) is 10.0. The third-order valence-corrected chi connectivity index (χ3v) is 8.98. The number of carbonyl (C=O) groups excluding carboxylic acids is 1. The zero-order valence-electron chi connectivity index (χ0n) is 21.2. The molecule has 1 saturated heterocycles. The van der Waals surface area contributed by atoms with E-state index in [4.69, 9.17) is 4.74 Å². The van der Waals surface area contributed by atoms with E-state index in [2.05, 4.69) is 24.3 Å². The molecule has 0 bridgehead atoms. The fraction of sp³-hybridized carbons (Fsp3) is 0.345. The van der Waals surface area contributed by atoms with Crippen molar-refractivity contribution < 1.29 is 31.1 Å². The van der Waals surface area contributed by atoms with Gasteiger partial charge in [0.1, 0.15) is 6.61 Å². The molecule has 5 rings (SSSR count). The Morgan fingerprint density at radius 3 is 2.10 bits per heavy atom. The monoisotopic (exact) mass is 558 g/mol. The van der Waals surface area contributed by atoms with Crippen LogP contribution in [0.1, 0.15) is 52.1 Å². The molecule has 1 atom stereocenters. The lowest BCUT2D eigenvalue weighted by Gasteiger charge is -2.37. The van der Waals surface area contributed by atoms with Crippen LogP contribution >= 0.6 is 0 Å². The van der Waals surface area contributed by atoms with Gasteiger partial charge in [-0.25, -0.2) is 9.52 Å². The maximum absolute atomic E-state index is 13.1. The SMILES string of the molecule is O=C(NS(=O)(=O)N1CCCC(C2c3ccccc3CCc3ccccc32)C1)OCc1ccc(C(F)(F)F)cc1. The number of rotatable bonds is 5. The van der Waals surface area contributed by atoms with E-state index in [9.17, 15) is 26.4 Å². The molecule has 2 aliphatic rings. The van der Waals surface area contributed by atoms with Crippen molar-refractivity contribution in [2.24, 2.45) is 5.92 Å². The molecule has 1 N–H and O–H groups in total. The molecule has 10 heteroatoms. The van der Waals surface area contributed by atoms with Gasteiger partial charge in [-0.2, -0.15) is 25.9 Å². The van der Waals surface area contributed by atoms with Gasteiger partial charge >= 0.3 is 22.5 Å². The van der Waals surface area contributed by atoms with Crippen molar-refractivity contribution in [2.75, 3.05) is 13.1 Å². The number of hydrogen-bond donors (Lipinski definition) is 1. The molecule has 206 valence electrons. The molecule has 0 aromatic heterocycles. The molecule has 1 aliphatic heterocycles. The second-order valence-corrected chi connectivity index (χ2v) is 11.7. The van der Waals surface area contributed by atoms with Crippen molar-refractivity contribution in [1.82, 2.24) is 9.03 Å². The third kappa shape index (κ3) is 6.12. The summed E-state index contributed by atoms with van der Waals surface area (Å²) in [6.07, 6.45) is -2.32. The Labute approximate surface area is 226 Å². The Bertz CT molecular complexity index is 1390. The first-order chi connectivity index (χ1) is 18.6. The van der Waals surface area contributed by atoms with Crippen LogP contribution < -0.4 is 4.72 Å². The summed E-state index contributed by atoms with van der Waals surface area (Å²) in [5.74, 6) is 0.0448. The molecule has 6 nitrogen and oxygen atoms in total. The number of carbonyl (C=O) groups is 1. The number of alkyl halides is 3. The van der Waals surface area contributed by atoms with Crippen LogP contribution in [0.25, 0.3) is 0 Å². The molecular weight excluding hydrogens is 529 g/mol. The molecule has 1 fully saturated rings. The number of benzene rings is 3. The predicted octanol–water partition coefficient (Wildman–Crippen LogP) is 5.82. The lowest BCUT2D eigenvalue weighted by atomic mass is 9.76. The van der Waals surface area contributed by atoms with Gasteiger partial charge in [0.15, 0.2) is 0 Å².